The maximum atomic E-state index is 10.7. The minimum absolute atomic E-state index is 0.147. The van der Waals surface area contributed by atoms with Crippen molar-refractivity contribution in [1.29, 1.82) is 0 Å². The molecule has 0 spiro atoms. The van der Waals surface area contributed by atoms with Crippen molar-refractivity contribution in [2.24, 2.45) is 11.8 Å². The fourth-order valence-corrected chi connectivity index (χ4v) is 1.57. The van der Waals surface area contributed by atoms with Gasteiger partial charge in [0.1, 0.15) is 0 Å². The molecule has 1 saturated heterocycles. The Hall–Kier alpha value is -0.570. The molecular formula is C8H15NO2. The van der Waals surface area contributed by atoms with Crippen molar-refractivity contribution in [3.05, 3.63) is 0 Å². The van der Waals surface area contributed by atoms with Crippen molar-refractivity contribution in [2.45, 2.75) is 26.3 Å². The first kappa shape index (κ1) is 8.53. The van der Waals surface area contributed by atoms with E-state index in [9.17, 15) is 4.79 Å². The quantitative estimate of drug-likeness (QED) is 0.589. The van der Waals surface area contributed by atoms with Crippen LogP contribution >= 0.6 is 0 Å². The second kappa shape index (κ2) is 3.22. The van der Waals surface area contributed by atoms with Gasteiger partial charge in [0.25, 0.3) is 0 Å². The van der Waals surface area contributed by atoms with Crippen LogP contribution in [0.3, 0.4) is 0 Å². The van der Waals surface area contributed by atoms with E-state index in [4.69, 9.17) is 5.11 Å². The Balaban J connectivity index is 2.54. The zero-order valence-corrected chi connectivity index (χ0v) is 7.00. The Morgan fingerprint density at radius 3 is 2.64 bits per heavy atom. The number of carboxylic acids is 1. The summed E-state index contributed by atoms with van der Waals surface area (Å²) in [5, 5.41) is 12.1. The summed E-state index contributed by atoms with van der Waals surface area (Å²) in [6.45, 7) is 4.84. The van der Waals surface area contributed by atoms with Crippen LogP contribution < -0.4 is 5.32 Å². The summed E-state index contributed by atoms with van der Waals surface area (Å²) in [7, 11) is 0. The second-order valence-corrected chi connectivity index (χ2v) is 3.47. The van der Waals surface area contributed by atoms with Gasteiger partial charge in [-0.25, -0.2) is 0 Å². The van der Waals surface area contributed by atoms with Crippen LogP contribution in [0.1, 0.15) is 20.3 Å². The highest BCUT2D eigenvalue weighted by Crippen LogP contribution is 2.21. The first-order valence-electron chi connectivity index (χ1n) is 4.07. The molecule has 11 heavy (non-hydrogen) atoms. The van der Waals surface area contributed by atoms with E-state index in [2.05, 4.69) is 5.32 Å². The molecule has 1 rings (SSSR count). The standard InChI is InChI=1S/C8H15NO2/c1-5-4-9-6(2)3-7(5)8(10)11/h5-7,9H,3-4H2,1-2H3,(H,10,11)/t5-,6-,7+/m1/s1. The Labute approximate surface area is 66.8 Å². The minimum Gasteiger partial charge on any atom is -0.481 e. The molecule has 64 valence electrons. The molecule has 1 heterocycles. The number of carbonyl (C=O) groups is 1. The summed E-state index contributed by atoms with van der Waals surface area (Å²) in [5.41, 5.74) is 0. The third-order valence-corrected chi connectivity index (χ3v) is 2.40. The average Bonchev–Trinajstić information content (AvgIpc) is 1.94. The largest absolute Gasteiger partial charge is 0.481 e. The molecule has 0 bridgehead atoms. The number of piperidine rings is 1. The van der Waals surface area contributed by atoms with Crippen LogP contribution in [-0.4, -0.2) is 23.7 Å². The molecule has 0 unspecified atom stereocenters. The smallest absolute Gasteiger partial charge is 0.306 e. The van der Waals surface area contributed by atoms with E-state index < -0.39 is 5.97 Å². The third-order valence-electron chi connectivity index (χ3n) is 2.40. The molecule has 0 amide bonds. The fourth-order valence-electron chi connectivity index (χ4n) is 1.57. The summed E-state index contributed by atoms with van der Waals surface area (Å²) in [6.07, 6.45) is 0.760. The van der Waals surface area contributed by atoms with E-state index >= 15 is 0 Å². The van der Waals surface area contributed by atoms with E-state index in [1.165, 1.54) is 0 Å². The Kier molecular flexibility index (Phi) is 2.49. The van der Waals surface area contributed by atoms with Gasteiger partial charge < -0.3 is 10.4 Å². The Morgan fingerprint density at radius 2 is 2.18 bits per heavy atom. The summed E-state index contributed by atoms with van der Waals surface area (Å²) < 4.78 is 0. The first-order chi connectivity index (χ1) is 5.11. The lowest BCUT2D eigenvalue weighted by molar-refractivity contribution is -0.144. The van der Waals surface area contributed by atoms with Crippen molar-refractivity contribution in [1.82, 2.24) is 5.32 Å². The fraction of sp³-hybridized carbons (Fsp3) is 0.875. The van der Waals surface area contributed by atoms with Crippen LogP contribution in [0, 0.1) is 11.8 Å². The zero-order valence-electron chi connectivity index (χ0n) is 7.00. The van der Waals surface area contributed by atoms with E-state index in [0.29, 0.717) is 6.04 Å². The van der Waals surface area contributed by atoms with Gasteiger partial charge in [-0.3, -0.25) is 4.79 Å². The van der Waals surface area contributed by atoms with E-state index in [0.717, 1.165) is 13.0 Å². The maximum absolute atomic E-state index is 10.7. The average molecular weight is 157 g/mol. The zero-order chi connectivity index (χ0) is 8.43. The molecule has 0 aliphatic carbocycles. The highest BCUT2D eigenvalue weighted by atomic mass is 16.4. The Morgan fingerprint density at radius 1 is 1.55 bits per heavy atom. The van der Waals surface area contributed by atoms with Gasteiger partial charge in [-0.2, -0.15) is 0 Å². The summed E-state index contributed by atoms with van der Waals surface area (Å²) >= 11 is 0. The summed E-state index contributed by atoms with van der Waals surface area (Å²) in [5.74, 6) is -0.527. The third kappa shape index (κ3) is 1.93. The molecule has 1 fully saturated rings. The number of nitrogens with one attached hydrogen (secondary N) is 1. The Bertz CT molecular complexity index is 158. The number of hydrogen-bond acceptors (Lipinski definition) is 2. The SMILES string of the molecule is C[C@@H]1C[C@H](C(=O)O)[C@H](C)CN1. The number of rotatable bonds is 1. The van der Waals surface area contributed by atoms with Crippen molar-refractivity contribution in [2.75, 3.05) is 6.54 Å². The molecule has 0 aromatic rings. The molecule has 3 nitrogen and oxygen atoms in total. The molecule has 1 aliphatic rings. The molecule has 2 N–H and O–H groups in total. The molecule has 0 saturated carbocycles. The lowest BCUT2D eigenvalue weighted by Crippen LogP contribution is -2.43. The van der Waals surface area contributed by atoms with E-state index in [-0.39, 0.29) is 11.8 Å². The van der Waals surface area contributed by atoms with Crippen LogP contribution in [0.15, 0.2) is 0 Å². The molecular weight excluding hydrogens is 142 g/mol. The van der Waals surface area contributed by atoms with Crippen LogP contribution in [-0.2, 0) is 4.79 Å². The predicted octanol–water partition coefficient (Wildman–Crippen LogP) is 0.705. The first-order valence-corrected chi connectivity index (χ1v) is 4.07. The lowest BCUT2D eigenvalue weighted by atomic mass is 9.85. The molecule has 3 atom stereocenters. The van der Waals surface area contributed by atoms with Gasteiger partial charge in [0.05, 0.1) is 5.92 Å². The normalized spacial score (nSPS) is 38.5. The molecule has 0 aromatic carbocycles. The van der Waals surface area contributed by atoms with Crippen molar-refractivity contribution < 1.29 is 9.90 Å². The van der Waals surface area contributed by atoms with Crippen molar-refractivity contribution in [3.63, 3.8) is 0 Å². The second-order valence-electron chi connectivity index (χ2n) is 3.47. The van der Waals surface area contributed by atoms with E-state index in [1.54, 1.807) is 0 Å². The van der Waals surface area contributed by atoms with Gasteiger partial charge in [0.2, 0.25) is 0 Å². The molecule has 0 radical (unpaired) electrons. The lowest BCUT2D eigenvalue weighted by Gasteiger charge is -2.30. The van der Waals surface area contributed by atoms with Gasteiger partial charge in [-0.15, -0.1) is 0 Å². The molecule has 1 aliphatic heterocycles. The maximum Gasteiger partial charge on any atom is 0.306 e. The highest BCUT2D eigenvalue weighted by Gasteiger charge is 2.30. The minimum atomic E-state index is -0.647. The number of hydrogen-bond donors (Lipinski definition) is 2. The van der Waals surface area contributed by atoms with Gasteiger partial charge in [0.15, 0.2) is 0 Å². The molecule has 3 heteroatoms. The van der Waals surface area contributed by atoms with Crippen molar-refractivity contribution >= 4 is 5.97 Å². The van der Waals surface area contributed by atoms with Crippen LogP contribution in [0.2, 0.25) is 0 Å². The van der Waals surface area contributed by atoms with Gasteiger partial charge >= 0.3 is 5.97 Å². The van der Waals surface area contributed by atoms with Crippen LogP contribution in [0.25, 0.3) is 0 Å². The highest BCUT2D eigenvalue weighted by molar-refractivity contribution is 5.70. The summed E-state index contributed by atoms with van der Waals surface area (Å²) in [6, 6.07) is 0.354. The number of carboxylic acid groups (broad SMARTS) is 1. The van der Waals surface area contributed by atoms with Gasteiger partial charge in [-0.05, 0) is 25.8 Å². The monoisotopic (exact) mass is 157 g/mol. The van der Waals surface area contributed by atoms with Crippen LogP contribution in [0.5, 0.6) is 0 Å². The number of aliphatic carboxylic acids is 1. The summed E-state index contributed by atoms with van der Waals surface area (Å²) in [4.78, 5) is 10.7. The predicted molar refractivity (Wildman–Crippen MR) is 42.4 cm³/mol. The van der Waals surface area contributed by atoms with Gasteiger partial charge in [-0.1, -0.05) is 6.92 Å². The van der Waals surface area contributed by atoms with E-state index in [1.807, 2.05) is 13.8 Å². The van der Waals surface area contributed by atoms with Crippen molar-refractivity contribution in [3.8, 4) is 0 Å². The van der Waals surface area contributed by atoms with Crippen LogP contribution in [0.4, 0.5) is 0 Å². The van der Waals surface area contributed by atoms with Gasteiger partial charge in [0, 0.05) is 6.04 Å². The molecule has 0 aromatic heterocycles. The topological polar surface area (TPSA) is 49.3 Å².